The lowest BCUT2D eigenvalue weighted by Gasteiger charge is -2.29. The Kier molecular flexibility index (Phi) is 6.16. The number of hydrogen-bond acceptors (Lipinski definition) is 3. The Hall–Kier alpha value is -1.06. The Morgan fingerprint density at radius 1 is 0.944 bits per heavy atom. The van der Waals surface area contributed by atoms with Crippen molar-refractivity contribution in [3.63, 3.8) is 0 Å². The first-order valence-corrected chi connectivity index (χ1v) is 6.44. The molecule has 0 aromatic heterocycles. The van der Waals surface area contributed by atoms with Gasteiger partial charge < -0.3 is 14.4 Å². The van der Waals surface area contributed by atoms with E-state index in [1.54, 1.807) is 14.2 Å². The lowest BCUT2D eigenvalue weighted by molar-refractivity contribution is 0.106. The standard InChI is InChI=1S/C15H25NO2/c1-12-6-8-15(9-7-12)16(10-13(2)17-4)11-14(3)18-5/h6-9,13-14H,10-11H2,1-5H3. The number of hydrogen-bond donors (Lipinski definition) is 0. The number of nitrogens with zero attached hydrogens (tertiary/aromatic N) is 1. The molecule has 0 aliphatic rings. The first kappa shape index (κ1) is 15.0. The van der Waals surface area contributed by atoms with E-state index in [9.17, 15) is 0 Å². The predicted octanol–water partition coefficient (Wildman–Crippen LogP) is 2.87. The fourth-order valence-corrected chi connectivity index (χ4v) is 1.81. The minimum atomic E-state index is 0.204. The van der Waals surface area contributed by atoms with Crippen molar-refractivity contribution in [1.29, 1.82) is 0 Å². The van der Waals surface area contributed by atoms with E-state index in [-0.39, 0.29) is 12.2 Å². The second kappa shape index (κ2) is 7.39. The third-order valence-electron chi connectivity index (χ3n) is 3.16. The van der Waals surface area contributed by atoms with E-state index in [2.05, 4.69) is 49.9 Å². The molecule has 0 N–H and O–H groups in total. The van der Waals surface area contributed by atoms with Crippen LogP contribution in [0.2, 0.25) is 0 Å². The zero-order valence-corrected chi connectivity index (χ0v) is 12.1. The second-order valence-electron chi connectivity index (χ2n) is 4.83. The topological polar surface area (TPSA) is 21.7 Å². The molecule has 3 heteroatoms. The smallest absolute Gasteiger partial charge is 0.0718 e. The Morgan fingerprint density at radius 3 is 1.78 bits per heavy atom. The molecule has 0 saturated heterocycles. The summed E-state index contributed by atoms with van der Waals surface area (Å²) in [6.45, 7) is 8.00. The van der Waals surface area contributed by atoms with Gasteiger partial charge in [-0.2, -0.15) is 0 Å². The van der Waals surface area contributed by atoms with Crippen LogP contribution in [0.3, 0.4) is 0 Å². The fraction of sp³-hybridized carbons (Fsp3) is 0.600. The molecular formula is C15H25NO2. The molecule has 1 aromatic rings. The number of rotatable bonds is 7. The van der Waals surface area contributed by atoms with Crippen molar-refractivity contribution >= 4 is 5.69 Å². The van der Waals surface area contributed by atoms with Crippen molar-refractivity contribution in [3.8, 4) is 0 Å². The van der Waals surface area contributed by atoms with Crippen LogP contribution in [0, 0.1) is 6.92 Å². The van der Waals surface area contributed by atoms with Gasteiger partial charge in [-0.1, -0.05) is 17.7 Å². The predicted molar refractivity (Wildman–Crippen MR) is 76.3 cm³/mol. The van der Waals surface area contributed by atoms with Gasteiger partial charge in [0, 0.05) is 33.0 Å². The summed E-state index contributed by atoms with van der Waals surface area (Å²) in [4.78, 5) is 2.31. The summed E-state index contributed by atoms with van der Waals surface area (Å²) in [5, 5.41) is 0. The van der Waals surface area contributed by atoms with Crippen LogP contribution in [-0.2, 0) is 9.47 Å². The van der Waals surface area contributed by atoms with Gasteiger partial charge in [0.25, 0.3) is 0 Å². The first-order chi connectivity index (χ1) is 8.56. The van der Waals surface area contributed by atoms with Gasteiger partial charge in [-0.25, -0.2) is 0 Å². The summed E-state index contributed by atoms with van der Waals surface area (Å²) in [6, 6.07) is 8.58. The lowest BCUT2D eigenvalue weighted by atomic mass is 10.2. The fourth-order valence-electron chi connectivity index (χ4n) is 1.81. The van der Waals surface area contributed by atoms with Crippen LogP contribution in [0.5, 0.6) is 0 Å². The quantitative estimate of drug-likeness (QED) is 0.744. The monoisotopic (exact) mass is 251 g/mol. The SMILES string of the molecule is COC(C)CN(CC(C)OC)c1ccc(C)cc1. The van der Waals surface area contributed by atoms with Crippen molar-refractivity contribution in [1.82, 2.24) is 0 Å². The Bertz CT molecular complexity index is 325. The third kappa shape index (κ3) is 4.67. The number of methoxy groups -OCH3 is 2. The van der Waals surface area contributed by atoms with Gasteiger partial charge in [-0.15, -0.1) is 0 Å². The van der Waals surface area contributed by atoms with Crippen LogP contribution in [0.1, 0.15) is 19.4 Å². The van der Waals surface area contributed by atoms with Crippen LogP contribution in [-0.4, -0.2) is 39.5 Å². The van der Waals surface area contributed by atoms with Crippen molar-refractivity contribution in [2.45, 2.75) is 33.0 Å². The largest absolute Gasteiger partial charge is 0.380 e. The molecule has 18 heavy (non-hydrogen) atoms. The minimum absolute atomic E-state index is 0.204. The molecule has 1 aromatic carbocycles. The van der Waals surface area contributed by atoms with Crippen LogP contribution in [0.25, 0.3) is 0 Å². The number of anilines is 1. The second-order valence-corrected chi connectivity index (χ2v) is 4.83. The molecule has 0 heterocycles. The minimum Gasteiger partial charge on any atom is -0.380 e. The average Bonchev–Trinajstić information content (AvgIpc) is 2.38. The summed E-state index contributed by atoms with van der Waals surface area (Å²) in [7, 11) is 3.50. The van der Waals surface area contributed by atoms with Crippen molar-refractivity contribution < 1.29 is 9.47 Å². The van der Waals surface area contributed by atoms with Gasteiger partial charge in [0.1, 0.15) is 0 Å². The number of aryl methyl sites for hydroxylation is 1. The van der Waals surface area contributed by atoms with Gasteiger partial charge >= 0.3 is 0 Å². The highest BCUT2D eigenvalue weighted by atomic mass is 16.5. The summed E-state index contributed by atoms with van der Waals surface area (Å²) in [6.07, 6.45) is 0.408. The van der Waals surface area contributed by atoms with Crippen LogP contribution in [0.15, 0.2) is 24.3 Å². The summed E-state index contributed by atoms with van der Waals surface area (Å²) >= 11 is 0. The van der Waals surface area contributed by atoms with Crippen LogP contribution in [0.4, 0.5) is 5.69 Å². The van der Waals surface area contributed by atoms with E-state index < -0.39 is 0 Å². The molecule has 0 bridgehead atoms. The molecule has 2 atom stereocenters. The Labute approximate surface area is 111 Å². The van der Waals surface area contributed by atoms with E-state index in [0.29, 0.717) is 0 Å². The maximum atomic E-state index is 5.36. The van der Waals surface area contributed by atoms with E-state index in [1.807, 2.05) is 0 Å². The molecule has 0 radical (unpaired) electrons. The molecule has 3 nitrogen and oxygen atoms in total. The van der Waals surface area contributed by atoms with Gasteiger partial charge in [0.15, 0.2) is 0 Å². The summed E-state index contributed by atoms with van der Waals surface area (Å²) in [5.74, 6) is 0. The van der Waals surface area contributed by atoms with E-state index in [4.69, 9.17) is 9.47 Å². The highest BCUT2D eigenvalue weighted by molar-refractivity contribution is 5.47. The Morgan fingerprint density at radius 2 is 1.39 bits per heavy atom. The van der Waals surface area contributed by atoms with Crippen molar-refractivity contribution in [2.24, 2.45) is 0 Å². The first-order valence-electron chi connectivity index (χ1n) is 6.44. The highest BCUT2D eigenvalue weighted by Gasteiger charge is 2.13. The van der Waals surface area contributed by atoms with Crippen LogP contribution >= 0.6 is 0 Å². The average molecular weight is 251 g/mol. The zero-order valence-electron chi connectivity index (χ0n) is 12.1. The molecule has 0 aliphatic heterocycles. The zero-order chi connectivity index (χ0) is 13.5. The van der Waals surface area contributed by atoms with Crippen molar-refractivity contribution in [2.75, 3.05) is 32.2 Å². The molecule has 2 unspecified atom stereocenters. The maximum Gasteiger partial charge on any atom is 0.0718 e. The normalized spacial score (nSPS) is 14.3. The van der Waals surface area contributed by atoms with Crippen LogP contribution < -0.4 is 4.90 Å². The van der Waals surface area contributed by atoms with Gasteiger partial charge in [0.05, 0.1) is 12.2 Å². The Balaban J connectivity index is 2.78. The number of ether oxygens (including phenoxy) is 2. The lowest BCUT2D eigenvalue weighted by Crippen LogP contribution is -2.37. The van der Waals surface area contributed by atoms with E-state index >= 15 is 0 Å². The molecule has 0 saturated carbocycles. The van der Waals surface area contributed by atoms with Crippen molar-refractivity contribution in [3.05, 3.63) is 29.8 Å². The molecule has 0 aliphatic carbocycles. The maximum absolute atomic E-state index is 5.36. The molecule has 0 fully saturated rings. The molecule has 0 spiro atoms. The van der Waals surface area contributed by atoms with E-state index in [1.165, 1.54) is 11.3 Å². The van der Waals surface area contributed by atoms with E-state index in [0.717, 1.165) is 13.1 Å². The summed E-state index contributed by atoms with van der Waals surface area (Å²) < 4.78 is 10.7. The van der Waals surface area contributed by atoms with Gasteiger partial charge in [-0.05, 0) is 32.9 Å². The summed E-state index contributed by atoms with van der Waals surface area (Å²) in [5.41, 5.74) is 2.49. The van der Waals surface area contributed by atoms with Gasteiger partial charge in [0.2, 0.25) is 0 Å². The third-order valence-corrected chi connectivity index (χ3v) is 3.16. The number of benzene rings is 1. The van der Waals surface area contributed by atoms with Gasteiger partial charge in [-0.3, -0.25) is 0 Å². The molecule has 102 valence electrons. The molecular weight excluding hydrogens is 226 g/mol. The molecule has 0 amide bonds. The molecule has 1 rings (SSSR count). The highest BCUT2D eigenvalue weighted by Crippen LogP contribution is 2.16.